The van der Waals surface area contributed by atoms with E-state index in [0.29, 0.717) is 11.7 Å². The second-order valence-electron chi connectivity index (χ2n) is 5.51. The number of benzene rings is 1. The third kappa shape index (κ3) is 4.77. The van der Waals surface area contributed by atoms with Gasteiger partial charge in [0.05, 0.1) is 0 Å². The van der Waals surface area contributed by atoms with Gasteiger partial charge in [0.1, 0.15) is 11.8 Å². The van der Waals surface area contributed by atoms with E-state index >= 15 is 0 Å². The topological polar surface area (TPSA) is 75.6 Å². The van der Waals surface area contributed by atoms with Crippen molar-refractivity contribution in [2.75, 3.05) is 0 Å². The van der Waals surface area contributed by atoms with E-state index < -0.39 is 24.0 Å². The standard InChI is InChI=1S/C16H23NO4/c1-9(2)13-7-6-10(3)14(8-13)21-12(5)15(18)17-11(4)16(19)20/h6-9,11-12H,1-5H3,(H,17,18)(H,19,20)/t11-,12?/m1/s1. The molecule has 116 valence electrons. The Bertz CT molecular complexity index is 525. The van der Waals surface area contributed by atoms with Crippen LogP contribution in [0.3, 0.4) is 0 Å². The third-order valence-corrected chi connectivity index (χ3v) is 3.28. The number of carbonyl (C=O) groups is 2. The van der Waals surface area contributed by atoms with Gasteiger partial charge in [0.15, 0.2) is 6.10 Å². The summed E-state index contributed by atoms with van der Waals surface area (Å²) in [5.41, 5.74) is 2.06. The molecule has 0 fully saturated rings. The molecular formula is C16H23NO4. The van der Waals surface area contributed by atoms with E-state index in [1.165, 1.54) is 6.92 Å². The van der Waals surface area contributed by atoms with Crippen LogP contribution in [0.1, 0.15) is 44.7 Å². The molecule has 0 radical (unpaired) electrons. The number of amides is 1. The molecule has 0 aromatic heterocycles. The highest BCUT2D eigenvalue weighted by molar-refractivity contribution is 5.86. The molecule has 1 aromatic carbocycles. The van der Waals surface area contributed by atoms with E-state index in [9.17, 15) is 9.59 Å². The fraction of sp³-hybridized carbons (Fsp3) is 0.500. The number of aryl methyl sites for hydroxylation is 1. The molecular weight excluding hydrogens is 270 g/mol. The highest BCUT2D eigenvalue weighted by Gasteiger charge is 2.20. The molecule has 0 spiro atoms. The van der Waals surface area contributed by atoms with Crippen LogP contribution >= 0.6 is 0 Å². The van der Waals surface area contributed by atoms with Gasteiger partial charge in [-0.3, -0.25) is 9.59 Å². The Morgan fingerprint density at radius 3 is 2.33 bits per heavy atom. The van der Waals surface area contributed by atoms with Crippen molar-refractivity contribution in [3.8, 4) is 5.75 Å². The Kier molecular flexibility index (Phi) is 5.76. The molecule has 2 atom stereocenters. The Morgan fingerprint density at radius 2 is 1.81 bits per heavy atom. The first-order chi connectivity index (χ1) is 9.72. The number of rotatable bonds is 6. The van der Waals surface area contributed by atoms with Crippen LogP contribution in [0.4, 0.5) is 0 Å². The summed E-state index contributed by atoms with van der Waals surface area (Å²) in [6.45, 7) is 9.09. The average Bonchev–Trinajstić information content (AvgIpc) is 2.40. The van der Waals surface area contributed by atoms with Crippen LogP contribution in [0.2, 0.25) is 0 Å². The molecule has 5 nitrogen and oxygen atoms in total. The summed E-state index contributed by atoms with van der Waals surface area (Å²) in [6.07, 6.45) is -0.757. The second-order valence-corrected chi connectivity index (χ2v) is 5.51. The van der Waals surface area contributed by atoms with Gasteiger partial charge in [-0.2, -0.15) is 0 Å². The van der Waals surface area contributed by atoms with Crippen LogP contribution in [0, 0.1) is 6.92 Å². The molecule has 21 heavy (non-hydrogen) atoms. The maximum absolute atomic E-state index is 11.9. The first kappa shape index (κ1) is 17.0. The molecule has 0 aliphatic rings. The van der Waals surface area contributed by atoms with Gasteiger partial charge in [-0.15, -0.1) is 0 Å². The predicted molar refractivity (Wildman–Crippen MR) is 80.6 cm³/mol. The van der Waals surface area contributed by atoms with Crippen molar-refractivity contribution in [2.24, 2.45) is 0 Å². The van der Waals surface area contributed by atoms with E-state index in [0.717, 1.165) is 11.1 Å². The number of carboxylic acids is 1. The molecule has 0 heterocycles. The summed E-state index contributed by atoms with van der Waals surface area (Å²) in [4.78, 5) is 22.6. The molecule has 0 saturated heterocycles. The van der Waals surface area contributed by atoms with E-state index in [1.54, 1.807) is 6.92 Å². The number of nitrogens with one attached hydrogen (secondary N) is 1. The van der Waals surface area contributed by atoms with Crippen molar-refractivity contribution >= 4 is 11.9 Å². The molecule has 1 amide bonds. The summed E-state index contributed by atoms with van der Waals surface area (Å²) in [6, 6.07) is 4.97. The Balaban J connectivity index is 2.78. The molecule has 0 saturated carbocycles. The molecule has 0 aliphatic heterocycles. The largest absolute Gasteiger partial charge is 0.481 e. The van der Waals surface area contributed by atoms with Gasteiger partial charge in [0.2, 0.25) is 0 Å². The van der Waals surface area contributed by atoms with E-state index in [1.807, 2.05) is 25.1 Å². The van der Waals surface area contributed by atoms with Crippen LogP contribution in [-0.4, -0.2) is 29.1 Å². The van der Waals surface area contributed by atoms with Crippen LogP contribution in [0.25, 0.3) is 0 Å². The number of hydrogen-bond acceptors (Lipinski definition) is 3. The lowest BCUT2D eigenvalue weighted by atomic mass is 10.0. The van der Waals surface area contributed by atoms with Crippen LogP contribution in [-0.2, 0) is 9.59 Å². The lowest BCUT2D eigenvalue weighted by Crippen LogP contribution is -2.44. The van der Waals surface area contributed by atoms with Crippen molar-refractivity contribution in [3.05, 3.63) is 29.3 Å². The first-order valence-electron chi connectivity index (χ1n) is 7.02. The molecule has 0 bridgehead atoms. The number of ether oxygens (including phenoxy) is 1. The average molecular weight is 293 g/mol. The van der Waals surface area contributed by atoms with E-state index in [4.69, 9.17) is 9.84 Å². The number of hydrogen-bond donors (Lipinski definition) is 2. The minimum atomic E-state index is -1.08. The van der Waals surface area contributed by atoms with Crippen molar-refractivity contribution in [2.45, 2.75) is 52.7 Å². The van der Waals surface area contributed by atoms with Gasteiger partial charge in [-0.1, -0.05) is 26.0 Å². The smallest absolute Gasteiger partial charge is 0.325 e. The van der Waals surface area contributed by atoms with Gasteiger partial charge in [0, 0.05) is 0 Å². The highest BCUT2D eigenvalue weighted by Crippen LogP contribution is 2.25. The molecule has 2 N–H and O–H groups in total. The van der Waals surface area contributed by atoms with Crippen molar-refractivity contribution < 1.29 is 19.4 Å². The van der Waals surface area contributed by atoms with Crippen molar-refractivity contribution in [3.63, 3.8) is 0 Å². The van der Waals surface area contributed by atoms with Crippen molar-refractivity contribution in [1.82, 2.24) is 5.32 Å². The maximum Gasteiger partial charge on any atom is 0.325 e. The highest BCUT2D eigenvalue weighted by atomic mass is 16.5. The SMILES string of the molecule is Cc1ccc(C(C)C)cc1OC(C)C(=O)N[C@H](C)C(=O)O. The van der Waals surface area contributed by atoms with Crippen LogP contribution in [0.5, 0.6) is 5.75 Å². The number of aliphatic carboxylic acids is 1. The van der Waals surface area contributed by atoms with E-state index in [2.05, 4.69) is 19.2 Å². The maximum atomic E-state index is 11.9. The minimum Gasteiger partial charge on any atom is -0.481 e. The molecule has 5 heteroatoms. The Labute approximate surface area is 125 Å². The number of carboxylic acid groups (broad SMARTS) is 1. The Morgan fingerprint density at radius 1 is 1.19 bits per heavy atom. The monoisotopic (exact) mass is 293 g/mol. The molecule has 1 unspecified atom stereocenters. The Hall–Kier alpha value is -2.04. The fourth-order valence-electron chi connectivity index (χ4n) is 1.74. The fourth-order valence-corrected chi connectivity index (χ4v) is 1.74. The zero-order valence-electron chi connectivity index (χ0n) is 13.1. The normalized spacial score (nSPS) is 13.6. The summed E-state index contributed by atoms with van der Waals surface area (Å²) in [5.74, 6) is -0.510. The summed E-state index contributed by atoms with van der Waals surface area (Å²) < 4.78 is 5.67. The summed E-state index contributed by atoms with van der Waals surface area (Å²) >= 11 is 0. The zero-order chi connectivity index (χ0) is 16.2. The number of carbonyl (C=O) groups excluding carboxylic acids is 1. The van der Waals surface area contributed by atoms with Crippen LogP contribution < -0.4 is 10.1 Å². The van der Waals surface area contributed by atoms with Gasteiger partial charge in [-0.25, -0.2) is 0 Å². The second kappa shape index (κ2) is 7.11. The van der Waals surface area contributed by atoms with Gasteiger partial charge >= 0.3 is 5.97 Å². The minimum absolute atomic E-state index is 0.365. The third-order valence-electron chi connectivity index (χ3n) is 3.28. The lowest BCUT2D eigenvalue weighted by Gasteiger charge is -2.19. The van der Waals surface area contributed by atoms with Gasteiger partial charge in [0.25, 0.3) is 5.91 Å². The zero-order valence-corrected chi connectivity index (χ0v) is 13.1. The van der Waals surface area contributed by atoms with Gasteiger partial charge in [-0.05, 0) is 43.9 Å². The van der Waals surface area contributed by atoms with E-state index in [-0.39, 0.29) is 0 Å². The van der Waals surface area contributed by atoms with Crippen LogP contribution in [0.15, 0.2) is 18.2 Å². The first-order valence-corrected chi connectivity index (χ1v) is 7.02. The van der Waals surface area contributed by atoms with Gasteiger partial charge < -0.3 is 15.2 Å². The molecule has 1 rings (SSSR count). The quantitative estimate of drug-likeness (QED) is 0.845. The predicted octanol–water partition coefficient (Wildman–Crippen LogP) is 2.48. The molecule has 0 aliphatic carbocycles. The lowest BCUT2D eigenvalue weighted by molar-refractivity contribution is -0.142. The van der Waals surface area contributed by atoms with Crippen molar-refractivity contribution in [1.29, 1.82) is 0 Å². The molecule has 1 aromatic rings. The summed E-state index contributed by atoms with van der Waals surface area (Å²) in [7, 11) is 0. The summed E-state index contributed by atoms with van der Waals surface area (Å²) in [5, 5.41) is 11.2.